The van der Waals surface area contributed by atoms with Crippen molar-refractivity contribution in [1.29, 1.82) is 0 Å². The molecule has 3 N–H and O–H groups in total. The summed E-state index contributed by atoms with van der Waals surface area (Å²) in [5, 5.41) is 12.3. The lowest BCUT2D eigenvalue weighted by Gasteiger charge is -2.22. The number of nitrogens with two attached hydrogens (primary N) is 1. The number of hydrogen-bond acceptors (Lipinski definition) is 7. The molecule has 0 radical (unpaired) electrons. The van der Waals surface area contributed by atoms with E-state index in [1.165, 1.54) is 0 Å². The average molecular weight is 496 g/mol. The van der Waals surface area contributed by atoms with Gasteiger partial charge in [-0.2, -0.15) is 10.2 Å². The predicted octanol–water partition coefficient (Wildman–Crippen LogP) is 4.45. The summed E-state index contributed by atoms with van der Waals surface area (Å²) < 4.78 is 11.6. The van der Waals surface area contributed by atoms with Crippen LogP contribution in [-0.2, 0) is 0 Å². The summed E-state index contributed by atoms with van der Waals surface area (Å²) >= 11 is 0. The minimum absolute atomic E-state index is 0.0675. The number of rotatable bonds is 14. The van der Waals surface area contributed by atoms with Crippen LogP contribution in [0.1, 0.15) is 52.7 Å². The number of hydrogen-bond donors (Lipinski definition) is 2. The Bertz CT molecular complexity index is 1030. The van der Waals surface area contributed by atoms with E-state index >= 15 is 0 Å². The fourth-order valence-corrected chi connectivity index (χ4v) is 3.73. The summed E-state index contributed by atoms with van der Waals surface area (Å²) in [6.45, 7) is 17.3. The monoisotopic (exact) mass is 495 g/mol. The SMILES string of the molecule is CCOc1cc(N(CC)CC)ccc1C=NN=C(N)NN=Cc1ccc(N(CC)CC)cc1OCC. The van der Waals surface area contributed by atoms with Gasteiger partial charge in [-0.05, 0) is 65.8 Å². The van der Waals surface area contributed by atoms with Gasteiger partial charge in [-0.15, -0.1) is 5.10 Å². The van der Waals surface area contributed by atoms with Gasteiger partial charge in [0.1, 0.15) is 11.5 Å². The van der Waals surface area contributed by atoms with E-state index in [0.717, 1.165) is 60.2 Å². The van der Waals surface area contributed by atoms with Gasteiger partial charge in [0.15, 0.2) is 0 Å². The molecule has 0 aliphatic rings. The zero-order valence-electron chi connectivity index (χ0n) is 22.5. The highest BCUT2D eigenvalue weighted by molar-refractivity contribution is 5.88. The maximum absolute atomic E-state index is 5.93. The molecule has 0 aliphatic carbocycles. The predicted molar refractivity (Wildman–Crippen MR) is 152 cm³/mol. The second-order valence-electron chi connectivity index (χ2n) is 7.75. The number of anilines is 2. The third-order valence-corrected chi connectivity index (χ3v) is 5.60. The van der Waals surface area contributed by atoms with Gasteiger partial charge in [0, 0.05) is 60.8 Å². The molecule has 0 spiro atoms. The van der Waals surface area contributed by atoms with Gasteiger partial charge in [0.05, 0.1) is 25.6 Å². The first-order chi connectivity index (χ1) is 17.5. The summed E-state index contributed by atoms with van der Waals surface area (Å²) in [5.41, 5.74) is 12.5. The van der Waals surface area contributed by atoms with Crippen LogP contribution >= 0.6 is 0 Å². The maximum atomic E-state index is 5.93. The molecule has 2 aromatic rings. The van der Waals surface area contributed by atoms with E-state index in [9.17, 15) is 0 Å². The highest BCUT2D eigenvalue weighted by atomic mass is 16.5. The van der Waals surface area contributed by atoms with Gasteiger partial charge < -0.3 is 25.0 Å². The molecule has 0 aromatic heterocycles. The molecule has 196 valence electrons. The smallest absolute Gasteiger partial charge is 0.234 e. The molecule has 9 nitrogen and oxygen atoms in total. The van der Waals surface area contributed by atoms with Crippen LogP contribution in [0.3, 0.4) is 0 Å². The molecule has 0 bridgehead atoms. The van der Waals surface area contributed by atoms with Gasteiger partial charge >= 0.3 is 0 Å². The Balaban J connectivity index is 2.11. The highest BCUT2D eigenvalue weighted by Crippen LogP contribution is 2.26. The van der Waals surface area contributed by atoms with Gasteiger partial charge in [0.2, 0.25) is 5.96 Å². The number of ether oxygens (including phenoxy) is 2. The highest BCUT2D eigenvalue weighted by Gasteiger charge is 2.09. The van der Waals surface area contributed by atoms with Crippen LogP contribution in [0.4, 0.5) is 11.4 Å². The largest absolute Gasteiger partial charge is 0.493 e. The van der Waals surface area contributed by atoms with Crippen molar-refractivity contribution < 1.29 is 9.47 Å². The van der Waals surface area contributed by atoms with Crippen LogP contribution in [0.2, 0.25) is 0 Å². The maximum Gasteiger partial charge on any atom is 0.234 e. The lowest BCUT2D eigenvalue weighted by atomic mass is 10.2. The Morgan fingerprint density at radius 3 is 1.69 bits per heavy atom. The van der Waals surface area contributed by atoms with Gasteiger partial charge in [-0.3, -0.25) is 0 Å². The fraction of sp³-hybridized carbons (Fsp3) is 0.444. The summed E-state index contributed by atoms with van der Waals surface area (Å²) in [6.07, 6.45) is 3.27. The lowest BCUT2D eigenvalue weighted by molar-refractivity contribution is 0.339. The molecule has 0 amide bonds. The Kier molecular flexibility index (Phi) is 12.1. The molecular formula is C27H41N7O2. The first-order valence-electron chi connectivity index (χ1n) is 12.7. The van der Waals surface area contributed by atoms with Crippen LogP contribution in [0.5, 0.6) is 11.5 Å². The van der Waals surface area contributed by atoms with E-state index < -0.39 is 0 Å². The van der Waals surface area contributed by atoms with Gasteiger partial charge in [0.25, 0.3) is 0 Å². The number of nitrogens with one attached hydrogen (secondary N) is 1. The normalized spacial score (nSPS) is 11.8. The zero-order chi connectivity index (χ0) is 26.3. The molecule has 0 heterocycles. The van der Waals surface area contributed by atoms with Crippen molar-refractivity contribution in [3.8, 4) is 11.5 Å². The number of benzene rings is 2. The van der Waals surface area contributed by atoms with E-state index in [0.29, 0.717) is 13.2 Å². The van der Waals surface area contributed by atoms with Crippen molar-refractivity contribution in [2.75, 3.05) is 49.2 Å². The fourth-order valence-electron chi connectivity index (χ4n) is 3.73. The molecule has 0 saturated carbocycles. The summed E-state index contributed by atoms with van der Waals surface area (Å²) in [7, 11) is 0. The van der Waals surface area contributed by atoms with Crippen molar-refractivity contribution in [3.05, 3.63) is 47.5 Å². The van der Waals surface area contributed by atoms with Crippen LogP contribution in [0.15, 0.2) is 51.7 Å². The molecule has 36 heavy (non-hydrogen) atoms. The Labute approximate surface area is 215 Å². The van der Waals surface area contributed by atoms with Crippen LogP contribution < -0.4 is 30.4 Å². The second-order valence-corrected chi connectivity index (χ2v) is 7.75. The standard InChI is InChI=1S/C27H41N7O2/c1-7-33(8-2)23-15-13-21(25(17-23)35-11-5)19-29-31-27(28)32-30-20-22-14-16-24(34(9-3)10-4)18-26(22)36-12-6/h13-20H,7-12H2,1-6H3,(H3,28,31,32). The first kappa shape index (κ1) is 28.5. The zero-order valence-corrected chi connectivity index (χ0v) is 22.5. The summed E-state index contributed by atoms with van der Waals surface area (Å²) in [4.78, 5) is 4.52. The van der Waals surface area contributed by atoms with Crippen LogP contribution in [0.25, 0.3) is 0 Å². The topological polar surface area (TPSA) is 100 Å². The number of hydrazone groups is 1. The van der Waals surface area contributed by atoms with Crippen molar-refractivity contribution >= 4 is 29.8 Å². The summed E-state index contributed by atoms with van der Waals surface area (Å²) in [6, 6.07) is 12.1. The Morgan fingerprint density at radius 2 is 1.25 bits per heavy atom. The molecule has 2 rings (SSSR count). The van der Waals surface area contributed by atoms with Gasteiger partial charge in [-0.1, -0.05) is 0 Å². The minimum atomic E-state index is 0.0675. The summed E-state index contributed by atoms with van der Waals surface area (Å²) in [5.74, 6) is 1.58. The van der Waals surface area contributed by atoms with E-state index in [4.69, 9.17) is 15.2 Å². The molecule has 0 saturated heterocycles. The minimum Gasteiger partial charge on any atom is -0.493 e. The third-order valence-electron chi connectivity index (χ3n) is 5.60. The first-order valence-corrected chi connectivity index (χ1v) is 12.7. The van der Waals surface area contributed by atoms with Crippen LogP contribution in [-0.4, -0.2) is 57.8 Å². The van der Waals surface area contributed by atoms with Crippen molar-refractivity contribution in [3.63, 3.8) is 0 Å². The molecular weight excluding hydrogens is 454 g/mol. The van der Waals surface area contributed by atoms with E-state index in [1.807, 2.05) is 44.2 Å². The molecule has 0 atom stereocenters. The molecule has 2 aromatic carbocycles. The van der Waals surface area contributed by atoms with Gasteiger partial charge in [-0.25, -0.2) is 5.43 Å². The van der Waals surface area contributed by atoms with Crippen molar-refractivity contribution in [2.24, 2.45) is 21.0 Å². The second kappa shape index (κ2) is 15.3. The lowest BCUT2D eigenvalue weighted by Crippen LogP contribution is -2.26. The van der Waals surface area contributed by atoms with E-state index in [2.05, 4.69) is 64.3 Å². The molecule has 0 unspecified atom stereocenters. The van der Waals surface area contributed by atoms with E-state index in [-0.39, 0.29) is 5.96 Å². The number of nitrogens with zero attached hydrogens (tertiary/aromatic N) is 5. The Hall–Kier alpha value is -3.75. The Morgan fingerprint density at radius 1 is 0.778 bits per heavy atom. The molecule has 9 heteroatoms. The third kappa shape index (κ3) is 8.18. The van der Waals surface area contributed by atoms with Crippen molar-refractivity contribution in [1.82, 2.24) is 5.43 Å². The quantitative estimate of drug-likeness (QED) is 0.228. The molecule has 0 fully saturated rings. The van der Waals surface area contributed by atoms with E-state index in [1.54, 1.807) is 12.4 Å². The molecule has 0 aliphatic heterocycles. The van der Waals surface area contributed by atoms with Crippen LogP contribution in [0, 0.1) is 0 Å². The number of guanidine groups is 1. The van der Waals surface area contributed by atoms with Crippen molar-refractivity contribution in [2.45, 2.75) is 41.5 Å². The average Bonchev–Trinajstić information content (AvgIpc) is 2.88.